The number of amides is 1. The Hall–Kier alpha value is -3.28. The van der Waals surface area contributed by atoms with E-state index in [1.165, 1.54) is 5.56 Å². The second-order valence-corrected chi connectivity index (χ2v) is 6.52. The number of hydrogen-bond donors (Lipinski definition) is 1. The second-order valence-electron chi connectivity index (χ2n) is 6.52. The van der Waals surface area contributed by atoms with E-state index in [-0.39, 0.29) is 11.9 Å². The molecule has 6 heteroatoms. The van der Waals surface area contributed by atoms with Gasteiger partial charge in [0, 0.05) is 30.4 Å². The average Bonchev–Trinajstić information content (AvgIpc) is 2.74. The first-order valence-corrected chi connectivity index (χ1v) is 8.95. The minimum Gasteiger partial charge on any atom is -0.497 e. The monoisotopic (exact) mass is 360 g/mol. The van der Waals surface area contributed by atoms with Crippen LogP contribution in [0.1, 0.15) is 40.4 Å². The van der Waals surface area contributed by atoms with Crippen molar-refractivity contribution in [2.45, 2.75) is 25.3 Å². The quantitative estimate of drug-likeness (QED) is 0.772. The molecule has 6 nitrogen and oxygen atoms in total. The SMILES string of the molecule is COc1ccc2c(c1)CCCC2NC(=O)c1cnc(-c2cccnc2)nc1. The molecule has 0 spiro atoms. The number of nitrogens with zero attached hydrogens (tertiary/aromatic N) is 3. The third-order valence-corrected chi connectivity index (χ3v) is 4.80. The molecule has 136 valence electrons. The van der Waals surface area contributed by atoms with Crippen LogP contribution in [0.3, 0.4) is 0 Å². The van der Waals surface area contributed by atoms with Crippen LogP contribution in [0.2, 0.25) is 0 Å². The van der Waals surface area contributed by atoms with E-state index in [1.54, 1.807) is 31.9 Å². The van der Waals surface area contributed by atoms with Gasteiger partial charge in [-0.05, 0) is 54.7 Å². The van der Waals surface area contributed by atoms with Gasteiger partial charge in [0.1, 0.15) is 5.75 Å². The maximum Gasteiger partial charge on any atom is 0.254 e. The maximum absolute atomic E-state index is 12.7. The van der Waals surface area contributed by atoms with E-state index in [9.17, 15) is 4.79 Å². The van der Waals surface area contributed by atoms with E-state index in [0.717, 1.165) is 36.1 Å². The van der Waals surface area contributed by atoms with Gasteiger partial charge < -0.3 is 10.1 Å². The maximum atomic E-state index is 12.7. The van der Waals surface area contributed by atoms with Crippen molar-refractivity contribution >= 4 is 5.91 Å². The third-order valence-electron chi connectivity index (χ3n) is 4.80. The molecular formula is C21H20N4O2. The first-order valence-electron chi connectivity index (χ1n) is 8.95. The van der Waals surface area contributed by atoms with Gasteiger partial charge in [-0.25, -0.2) is 9.97 Å². The number of carbonyl (C=O) groups excluding carboxylic acids is 1. The summed E-state index contributed by atoms with van der Waals surface area (Å²) >= 11 is 0. The molecule has 27 heavy (non-hydrogen) atoms. The highest BCUT2D eigenvalue weighted by atomic mass is 16.5. The van der Waals surface area contributed by atoms with Crippen molar-refractivity contribution in [1.29, 1.82) is 0 Å². The fraction of sp³-hybridized carbons (Fsp3) is 0.238. The molecule has 1 aliphatic rings. The number of pyridine rings is 1. The fourth-order valence-electron chi connectivity index (χ4n) is 3.40. The number of hydrogen-bond acceptors (Lipinski definition) is 5. The summed E-state index contributed by atoms with van der Waals surface area (Å²) in [6.45, 7) is 0. The van der Waals surface area contributed by atoms with Crippen molar-refractivity contribution in [3.63, 3.8) is 0 Å². The lowest BCUT2D eigenvalue weighted by Gasteiger charge is -2.26. The van der Waals surface area contributed by atoms with Crippen molar-refractivity contribution < 1.29 is 9.53 Å². The van der Waals surface area contributed by atoms with E-state index in [1.807, 2.05) is 24.3 Å². The Labute approximate surface area is 157 Å². The highest BCUT2D eigenvalue weighted by molar-refractivity contribution is 5.94. The van der Waals surface area contributed by atoms with E-state index in [0.29, 0.717) is 11.4 Å². The van der Waals surface area contributed by atoms with Crippen LogP contribution < -0.4 is 10.1 Å². The molecule has 1 unspecified atom stereocenters. The normalized spacial score (nSPS) is 15.7. The molecule has 0 bridgehead atoms. The number of aryl methyl sites for hydroxylation is 1. The summed E-state index contributed by atoms with van der Waals surface area (Å²) in [5.74, 6) is 1.23. The van der Waals surface area contributed by atoms with Gasteiger partial charge in [0.25, 0.3) is 5.91 Å². The Morgan fingerprint density at radius 2 is 2.04 bits per heavy atom. The van der Waals surface area contributed by atoms with E-state index >= 15 is 0 Å². The first kappa shape index (κ1) is 17.1. The van der Waals surface area contributed by atoms with Gasteiger partial charge in [-0.2, -0.15) is 0 Å². The minimum absolute atomic E-state index is 0.00911. The van der Waals surface area contributed by atoms with Crippen LogP contribution in [-0.2, 0) is 6.42 Å². The highest BCUT2D eigenvalue weighted by Gasteiger charge is 2.23. The lowest BCUT2D eigenvalue weighted by Crippen LogP contribution is -2.31. The Morgan fingerprint density at radius 3 is 2.78 bits per heavy atom. The third kappa shape index (κ3) is 3.65. The predicted octanol–water partition coefficient (Wildman–Crippen LogP) is 3.35. The molecule has 1 aromatic carbocycles. The van der Waals surface area contributed by atoms with Gasteiger partial charge in [0.05, 0.1) is 18.7 Å². The summed E-state index contributed by atoms with van der Waals surface area (Å²) in [6, 6.07) is 9.74. The second kappa shape index (κ2) is 7.53. The van der Waals surface area contributed by atoms with Crippen molar-refractivity contribution in [2.24, 2.45) is 0 Å². The molecule has 4 rings (SSSR count). The molecule has 1 aliphatic carbocycles. The van der Waals surface area contributed by atoms with E-state index < -0.39 is 0 Å². The van der Waals surface area contributed by atoms with Crippen molar-refractivity contribution in [1.82, 2.24) is 20.3 Å². The molecule has 1 N–H and O–H groups in total. The number of fused-ring (bicyclic) bond motifs is 1. The van der Waals surface area contributed by atoms with Crippen molar-refractivity contribution in [3.05, 3.63) is 71.8 Å². The summed E-state index contributed by atoms with van der Waals surface area (Å²) in [5, 5.41) is 3.12. The van der Waals surface area contributed by atoms with Crippen LogP contribution >= 0.6 is 0 Å². The molecule has 3 aromatic rings. The summed E-state index contributed by atoms with van der Waals surface area (Å²) in [5.41, 5.74) is 3.65. The van der Waals surface area contributed by atoms with Crippen molar-refractivity contribution in [2.75, 3.05) is 7.11 Å². The summed E-state index contributed by atoms with van der Waals surface area (Å²) in [4.78, 5) is 25.3. The molecule has 0 saturated heterocycles. The molecule has 0 saturated carbocycles. The number of methoxy groups -OCH3 is 1. The molecule has 0 radical (unpaired) electrons. The zero-order valence-electron chi connectivity index (χ0n) is 15.1. The van der Waals surface area contributed by atoms with E-state index in [4.69, 9.17) is 4.74 Å². The Morgan fingerprint density at radius 1 is 1.19 bits per heavy atom. The molecule has 2 aromatic heterocycles. The van der Waals surface area contributed by atoms with Gasteiger partial charge >= 0.3 is 0 Å². The standard InChI is InChI=1S/C21H20N4O2/c1-27-17-7-8-18-14(10-17)4-2-6-19(18)25-21(26)16-12-23-20(24-13-16)15-5-3-9-22-11-15/h3,5,7-13,19H,2,4,6H2,1H3,(H,25,26). The average molecular weight is 360 g/mol. The molecule has 0 fully saturated rings. The number of rotatable bonds is 4. The Balaban J connectivity index is 1.50. The highest BCUT2D eigenvalue weighted by Crippen LogP contribution is 2.32. The molecule has 0 aliphatic heterocycles. The zero-order chi connectivity index (χ0) is 18.6. The number of ether oxygens (including phenoxy) is 1. The number of benzene rings is 1. The largest absolute Gasteiger partial charge is 0.497 e. The lowest BCUT2D eigenvalue weighted by molar-refractivity contribution is 0.0932. The van der Waals surface area contributed by atoms with E-state index in [2.05, 4.69) is 26.3 Å². The van der Waals surface area contributed by atoms with Gasteiger partial charge in [0.2, 0.25) is 0 Å². The minimum atomic E-state index is -0.165. The van der Waals surface area contributed by atoms with Crippen LogP contribution in [0.5, 0.6) is 5.75 Å². The summed E-state index contributed by atoms with van der Waals surface area (Å²) in [6.07, 6.45) is 9.46. The van der Waals surface area contributed by atoms with Gasteiger partial charge in [-0.1, -0.05) is 6.07 Å². The fourth-order valence-corrected chi connectivity index (χ4v) is 3.40. The lowest BCUT2D eigenvalue weighted by atomic mass is 9.87. The molecule has 1 atom stereocenters. The molecule has 2 heterocycles. The van der Waals surface area contributed by atoms with Crippen LogP contribution in [0.15, 0.2) is 55.1 Å². The Kier molecular flexibility index (Phi) is 4.78. The van der Waals surface area contributed by atoms with Crippen LogP contribution in [0.25, 0.3) is 11.4 Å². The summed E-state index contributed by atoms with van der Waals surface area (Å²) < 4.78 is 5.31. The predicted molar refractivity (Wildman–Crippen MR) is 101 cm³/mol. The summed E-state index contributed by atoms with van der Waals surface area (Å²) in [7, 11) is 1.67. The van der Waals surface area contributed by atoms with Gasteiger partial charge in [0.15, 0.2) is 5.82 Å². The number of carbonyl (C=O) groups is 1. The van der Waals surface area contributed by atoms with Gasteiger partial charge in [-0.3, -0.25) is 9.78 Å². The molecular weight excluding hydrogens is 340 g/mol. The molecule has 1 amide bonds. The zero-order valence-corrected chi connectivity index (χ0v) is 15.1. The topological polar surface area (TPSA) is 77.0 Å². The smallest absolute Gasteiger partial charge is 0.254 e. The van der Waals surface area contributed by atoms with Crippen LogP contribution in [0.4, 0.5) is 0 Å². The number of aromatic nitrogens is 3. The number of nitrogens with one attached hydrogen (secondary N) is 1. The van der Waals surface area contributed by atoms with Crippen LogP contribution in [-0.4, -0.2) is 28.0 Å². The van der Waals surface area contributed by atoms with Crippen molar-refractivity contribution in [3.8, 4) is 17.1 Å². The van der Waals surface area contributed by atoms with Gasteiger partial charge in [-0.15, -0.1) is 0 Å². The van der Waals surface area contributed by atoms with Crippen LogP contribution in [0, 0.1) is 0 Å². The Bertz CT molecular complexity index is 942. The first-order chi connectivity index (χ1) is 13.2.